The fraction of sp³-hybridized carbons (Fsp3) is 0.625. The van der Waals surface area contributed by atoms with Crippen LogP contribution in [0.4, 0.5) is 0 Å². The van der Waals surface area contributed by atoms with Gasteiger partial charge in [-0.15, -0.1) is 0 Å². The molecule has 1 aromatic rings. The molecule has 3 unspecified atom stereocenters. The van der Waals surface area contributed by atoms with Crippen LogP contribution < -0.4 is 10.5 Å². The van der Waals surface area contributed by atoms with Crippen molar-refractivity contribution in [2.45, 2.75) is 56.4 Å². The van der Waals surface area contributed by atoms with Gasteiger partial charge in [0.2, 0.25) is 0 Å². The summed E-state index contributed by atoms with van der Waals surface area (Å²) in [5.41, 5.74) is 6.96. The minimum atomic E-state index is -2.98. The van der Waals surface area contributed by atoms with Gasteiger partial charge in [-0.3, -0.25) is 0 Å². The van der Waals surface area contributed by atoms with Crippen molar-refractivity contribution < 1.29 is 13.2 Å². The normalized spacial score (nSPS) is 24.5. The molecule has 2 rings (SSSR count). The van der Waals surface area contributed by atoms with Crippen molar-refractivity contribution in [3.8, 4) is 5.75 Å². The first-order valence-corrected chi connectivity index (χ1v) is 9.50. The predicted octanol–water partition coefficient (Wildman–Crippen LogP) is 2.31. The summed E-state index contributed by atoms with van der Waals surface area (Å²) < 4.78 is 29.5. The number of nitrogens with two attached hydrogens (primary N) is 1. The largest absolute Gasteiger partial charge is 0.490 e. The zero-order valence-corrected chi connectivity index (χ0v) is 13.6. The lowest BCUT2D eigenvalue weighted by atomic mass is 9.97. The summed E-state index contributed by atoms with van der Waals surface area (Å²) in [7, 11) is -2.98. The van der Waals surface area contributed by atoms with E-state index in [4.69, 9.17) is 10.5 Å². The van der Waals surface area contributed by atoms with Crippen LogP contribution in [0.2, 0.25) is 0 Å². The third-order valence-corrected chi connectivity index (χ3v) is 5.63. The van der Waals surface area contributed by atoms with E-state index in [0.29, 0.717) is 6.42 Å². The number of ether oxygens (including phenoxy) is 1. The Bertz CT molecular complexity index is 569. The highest BCUT2D eigenvalue weighted by molar-refractivity contribution is 7.91. The van der Waals surface area contributed by atoms with Crippen molar-refractivity contribution in [2.24, 2.45) is 5.73 Å². The van der Waals surface area contributed by atoms with Gasteiger partial charge in [0.25, 0.3) is 0 Å². The Kier molecular flexibility index (Phi) is 5.27. The Morgan fingerprint density at radius 2 is 2.05 bits per heavy atom. The Morgan fingerprint density at radius 3 is 2.71 bits per heavy atom. The second-order valence-corrected chi connectivity index (χ2v) is 8.47. The number of hydrogen-bond acceptors (Lipinski definition) is 4. The maximum atomic E-state index is 11.7. The molecule has 0 aliphatic heterocycles. The zero-order valence-electron chi connectivity index (χ0n) is 12.8. The van der Waals surface area contributed by atoms with E-state index in [1.807, 2.05) is 31.2 Å². The summed E-state index contributed by atoms with van der Waals surface area (Å²) in [6.07, 6.45) is 5.22. The summed E-state index contributed by atoms with van der Waals surface area (Å²) in [5.74, 6) is 0.842. The molecule has 0 aromatic heterocycles. The number of benzene rings is 1. The molecule has 1 fully saturated rings. The minimum absolute atomic E-state index is 0.0206. The van der Waals surface area contributed by atoms with Crippen LogP contribution in [0.5, 0.6) is 5.75 Å². The van der Waals surface area contributed by atoms with Gasteiger partial charge in [0.15, 0.2) is 0 Å². The average Bonchev–Trinajstić information content (AvgIpc) is 2.40. The highest BCUT2D eigenvalue weighted by Crippen LogP contribution is 2.29. The third-order valence-electron chi connectivity index (χ3n) is 3.99. The second kappa shape index (κ2) is 6.79. The first-order chi connectivity index (χ1) is 9.86. The van der Waals surface area contributed by atoms with Crippen LogP contribution in [0.15, 0.2) is 24.3 Å². The van der Waals surface area contributed by atoms with Crippen LogP contribution in [-0.4, -0.2) is 32.1 Å². The maximum Gasteiger partial charge on any atom is 0.150 e. The molecule has 21 heavy (non-hydrogen) atoms. The second-order valence-electron chi connectivity index (χ2n) is 6.15. The summed E-state index contributed by atoms with van der Waals surface area (Å²) in [5, 5.41) is -0.267. The van der Waals surface area contributed by atoms with Crippen LogP contribution in [-0.2, 0) is 16.3 Å². The molecule has 1 aliphatic rings. The lowest BCUT2D eigenvalue weighted by Crippen LogP contribution is -2.33. The monoisotopic (exact) mass is 311 g/mol. The molecule has 4 nitrogen and oxygen atoms in total. The van der Waals surface area contributed by atoms with Gasteiger partial charge in [0.1, 0.15) is 15.6 Å². The molecule has 1 aliphatic carbocycles. The predicted molar refractivity (Wildman–Crippen MR) is 85.3 cm³/mol. The van der Waals surface area contributed by atoms with Crippen molar-refractivity contribution >= 4 is 9.84 Å². The van der Waals surface area contributed by atoms with E-state index in [0.717, 1.165) is 37.0 Å². The van der Waals surface area contributed by atoms with E-state index in [1.54, 1.807) is 0 Å². The van der Waals surface area contributed by atoms with E-state index in [9.17, 15) is 8.42 Å². The highest BCUT2D eigenvalue weighted by Gasteiger charge is 2.30. The first-order valence-electron chi connectivity index (χ1n) is 7.55. The number of hydrogen-bond donors (Lipinski definition) is 1. The fourth-order valence-electron chi connectivity index (χ4n) is 2.91. The molecule has 0 amide bonds. The zero-order chi connectivity index (χ0) is 15.5. The summed E-state index contributed by atoms with van der Waals surface area (Å²) in [6.45, 7) is 1.97. The molecule has 0 bridgehead atoms. The Labute approximate surface area is 127 Å². The van der Waals surface area contributed by atoms with Crippen molar-refractivity contribution in [2.75, 3.05) is 6.26 Å². The van der Waals surface area contributed by atoms with Gasteiger partial charge in [-0.1, -0.05) is 18.2 Å². The van der Waals surface area contributed by atoms with E-state index >= 15 is 0 Å². The van der Waals surface area contributed by atoms with Crippen molar-refractivity contribution in [3.05, 3.63) is 29.8 Å². The summed E-state index contributed by atoms with van der Waals surface area (Å²) >= 11 is 0. The van der Waals surface area contributed by atoms with Gasteiger partial charge in [0.05, 0.1) is 11.4 Å². The topological polar surface area (TPSA) is 69.4 Å². The van der Waals surface area contributed by atoms with Crippen LogP contribution in [0.25, 0.3) is 0 Å². The molecule has 0 radical (unpaired) electrons. The Balaban J connectivity index is 2.08. The number of sulfone groups is 1. The van der Waals surface area contributed by atoms with Crippen LogP contribution in [0, 0.1) is 0 Å². The van der Waals surface area contributed by atoms with Crippen molar-refractivity contribution in [1.82, 2.24) is 0 Å². The Hall–Kier alpha value is -1.07. The molecule has 1 saturated carbocycles. The Morgan fingerprint density at radius 1 is 1.33 bits per heavy atom. The lowest BCUT2D eigenvalue weighted by molar-refractivity contribution is 0.154. The first kappa shape index (κ1) is 16.3. The van der Waals surface area contributed by atoms with Crippen LogP contribution in [0.1, 0.15) is 38.2 Å². The quantitative estimate of drug-likeness (QED) is 0.906. The summed E-state index contributed by atoms with van der Waals surface area (Å²) in [4.78, 5) is 0. The molecule has 0 heterocycles. The van der Waals surface area contributed by atoms with Crippen LogP contribution >= 0.6 is 0 Å². The van der Waals surface area contributed by atoms with Crippen LogP contribution in [0.3, 0.4) is 0 Å². The molecule has 1 aromatic carbocycles. The smallest absolute Gasteiger partial charge is 0.150 e. The van der Waals surface area contributed by atoms with Gasteiger partial charge < -0.3 is 10.5 Å². The fourth-order valence-corrected chi connectivity index (χ4v) is 4.07. The van der Waals surface area contributed by atoms with E-state index in [2.05, 4.69) is 0 Å². The molecule has 118 valence electrons. The van der Waals surface area contributed by atoms with E-state index < -0.39 is 9.84 Å². The SMILES string of the molecule is CC(N)Cc1ccccc1OC1CCCC(S(C)(=O)=O)C1. The summed E-state index contributed by atoms with van der Waals surface area (Å²) in [6, 6.07) is 7.96. The molecule has 0 spiro atoms. The molecular weight excluding hydrogens is 286 g/mol. The van der Waals surface area contributed by atoms with Crippen molar-refractivity contribution in [3.63, 3.8) is 0 Å². The van der Waals surface area contributed by atoms with E-state index in [-0.39, 0.29) is 17.4 Å². The highest BCUT2D eigenvalue weighted by atomic mass is 32.2. The van der Waals surface area contributed by atoms with Gasteiger partial charge >= 0.3 is 0 Å². The van der Waals surface area contributed by atoms with Gasteiger partial charge in [-0.05, 0) is 44.2 Å². The number of rotatable bonds is 5. The molecule has 5 heteroatoms. The van der Waals surface area contributed by atoms with Gasteiger partial charge in [-0.25, -0.2) is 8.42 Å². The lowest BCUT2D eigenvalue weighted by Gasteiger charge is -2.29. The van der Waals surface area contributed by atoms with Gasteiger partial charge in [-0.2, -0.15) is 0 Å². The standard InChI is InChI=1S/C16H25NO3S/c1-12(17)10-13-6-3-4-9-16(13)20-14-7-5-8-15(11-14)21(2,18)19/h3-4,6,9,12,14-15H,5,7-8,10-11,17H2,1-2H3. The molecule has 0 saturated heterocycles. The molecule has 2 N–H and O–H groups in total. The average molecular weight is 311 g/mol. The van der Waals surface area contributed by atoms with Gasteiger partial charge in [0, 0.05) is 18.7 Å². The van der Waals surface area contributed by atoms with E-state index in [1.165, 1.54) is 6.26 Å². The third kappa shape index (κ3) is 4.71. The maximum absolute atomic E-state index is 11.7. The molecule has 3 atom stereocenters. The number of para-hydroxylation sites is 1. The van der Waals surface area contributed by atoms with Crippen molar-refractivity contribution in [1.29, 1.82) is 0 Å². The minimum Gasteiger partial charge on any atom is -0.490 e. The molecular formula is C16H25NO3S.